The van der Waals surface area contributed by atoms with E-state index in [0.29, 0.717) is 10.7 Å². The van der Waals surface area contributed by atoms with Gasteiger partial charge in [-0.05, 0) is 31.2 Å². The van der Waals surface area contributed by atoms with E-state index in [4.69, 9.17) is 4.74 Å². The van der Waals surface area contributed by atoms with Crippen LogP contribution >= 0.6 is 11.3 Å². The highest BCUT2D eigenvalue weighted by Gasteiger charge is 2.10. The number of carbonyl (C=O) groups excluding carboxylic acids is 1. The van der Waals surface area contributed by atoms with Gasteiger partial charge < -0.3 is 4.74 Å². The van der Waals surface area contributed by atoms with E-state index in [-0.39, 0.29) is 5.91 Å². The van der Waals surface area contributed by atoms with Crippen LogP contribution in [0.2, 0.25) is 0 Å². The molecule has 0 aliphatic rings. The number of methoxy groups -OCH3 is 1. The van der Waals surface area contributed by atoms with Crippen molar-refractivity contribution >= 4 is 22.4 Å². The Kier molecular flexibility index (Phi) is 4.39. The first-order chi connectivity index (χ1) is 11.2. The number of aryl methyl sites for hydroxylation is 1. The molecule has 2 aromatic carbocycles. The second kappa shape index (κ2) is 6.62. The zero-order valence-electron chi connectivity index (χ0n) is 12.9. The Bertz CT molecular complexity index is 825. The Labute approximate surface area is 138 Å². The maximum Gasteiger partial charge on any atom is 0.257 e. The summed E-state index contributed by atoms with van der Waals surface area (Å²) in [6.07, 6.45) is 0. The topological polar surface area (TPSA) is 51.2 Å². The molecule has 3 rings (SSSR count). The molecule has 0 atom stereocenters. The lowest BCUT2D eigenvalue weighted by molar-refractivity contribution is 0.102. The van der Waals surface area contributed by atoms with E-state index in [1.807, 2.05) is 48.7 Å². The minimum absolute atomic E-state index is 0.156. The normalized spacial score (nSPS) is 10.3. The van der Waals surface area contributed by atoms with Crippen molar-refractivity contribution in [3.05, 3.63) is 65.0 Å². The van der Waals surface area contributed by atoms with Gasteiger partial charge in [0.15, 0.2) is 5.13 Å². The fourth-order valence-corrected chi connectivity index (χ4v) is 2.84. The van der Waals surface area contributed by atoms with Gasteiger partial charge in [-0.15, -0.1) is 11.3 Å². The van der Waals surface area contributed by atoms with Crippen molar-refractivity contribution in [1.29, 1.82) is 0 Å². The molecule has 0 bridgehead atoms. The fourth-order valence-electron chi connectivity index (χ4n) is 2.12. The van der Waals surface area contributed by atoms with Gasteiger partial charge in [0.1, 0.15) is 5.75 Å². The van der Waals surface area contributed by atoms with Crippen molar-refractivity contribution in [1.82, 2.24) is 4.98 Å². The zero-order chi connectivity index (χ0) is 16.2. The molecule has 0 radical (unpaired) electrons. The summed E-state index contributed by atoms with van der Waals surface area (Å²) < 4.78 is 5.22. The second-order valence-corrected chi connectivity index (χ2v) is 5.95. The number of carbonyl (C=O) groups is 1. The maximum absolute atomic E-state index is 12.2. The monoisotopic (exact) mass is 324 g/mol. The number of anilines is 1. The van der Waals surface area contributed by atoms with E-state index in [2.05, 4.69) is 10.3 Å². The Hall–Kier alpha value is -2.66. The molecule has 1 amide bonds. The van der Waals surface area contributed by atoms with E-state index < -0.39 is 0 Å². The molecular formula is C18H16N2O2S. The molecule has 1 aromatic heterocycles. The lowest BCUT2D eigenvalue weighted by Crippen LogP contribution is -2.11. The number of benzene rings is 2. The first kappa shape index (κ1) is 15.2. The fraction of sp³-hybridized carbons (Fsp3) is 0.111. The number of hydrogen-bond acceptors (Lipinski definition) is 4. The number of ether oxygens (including phenoxy) is 1. The van der Waals surface area contributed by atoms with Crippen molar-refractivity contribution in [3.8, 4) is 17.0 Å². The summed E-state index contributed by atoms with van der Waals surface area (Å²) in [5, 5.41) is 5.33. The molecule has 1 heterocycles. The maximum atomic E-state index is 12.2. The highest BCUT2D eigenvalue weighted by Crippen LogP contribution is 2.27. The summed E-state index contributed by atoms with van der Waals surface area (Å²) in [7, 11) is 1.63. The standard InChI is InChI=1S/C18H16N2O2S/c1-12-6-8-13(9-7-12)17(21)20-18-19-16(11-23-18)14-4-3-5-15(10-14)22-2/h3-11H,1-2H3,(H,19,20,21). The zero-order valence-corrected chi connectivity index (χ0v) is 13.7. The summed E-state index contributed by atoms with van der Waals surface area (Å²) in [4.78, 5) is 16.7. The number of hydrogen-bond donors (Lipinski definition) is 1. The molecule has 1 N–H and O–H groups in total. The van der Waals surface area contributed by atoms with E-state index in [1.54, 1.807) is 19.2 Å². The Morgan fingerprint density at radius 1 is 1.17 bits per heavy atom. The van der Waals surface area contributed by atoms with Crippen LogP contribution in [0.15, 0.2) is 53.9 Å². The van der Waals surface area contributed by atoms with Gasteiger partial charge in [-0.2, -0.15) is 0 Å². The Balaban J connectivity index is 1.76. The van der Waals surface area contributed by atoms with E-state index in [0.717, 1.165) is 22.6 Å². The van der Waals surface area contributed by atoms with Gasteiger partial charge in [0.25, 0.3) is 5.91 Å². The van der Waals surface area contributed by atoms with E-state index in [1.165, 1.54) is 11.3 Å². The third-order valence-electron chi connectivity index (χ3n) is 3.40. The third kappa shape index (κ3) is 3.57. The van der Waals surface area contributed by atoms with Crippen LogP contribution in [0.5, 0.6) is 5.75 Å². The first-order valence-electron chi connectivity index (χ1n) is 7.13. The van der Waals surface area contributed by atoms with Gasteiger partial charge in [-0.1, -0.05) is 29.8 Å². The molecular weight excluding hydrogens is 308 g/mol. The van der Waals surface area contributed by atoms with Crippen molar-refractivity contribution in [2.24, 2.45) is 0 Å². The molecule has 0 saturated carbocycles. The van der Waals surface area contributed by atoms with Crippen molar-refractivity contribution in [2.75, 3.05) is 12.4 Å². The van der Waals surface area contributed by atoms with Gasteiger partial charge in [0.05, 0.1) is 12.8 Å². The van der Waals surface area contributed by atoms with Gasteiger partial charge >= 0.3 is 0 Å². The number of rotatable bonds is 4. The summed E-state index contributed by atoms with van der Waals surface area (Å²) in [6, 6.07) is 15.1. The van der Waals surface area contributed by atoms with Gasteiger partial charge in [0, 0.05) is 16.5 Å². The Morgan fingerprint density at radius 3 is 2.70 bits per heavy atom. The van der Waals surface area contributed by atoms with Crippen LogP contribution in [-0.4, -0.2) is 18.0 Å². The predicted molar refractivity (Wildman–Crippen MR) is 93.2 cm³/mol. The molecule has 5 heteroatoms. The van der Waals surface area contributed by atoms with Crippen molar-refractivity contribution < 1.29 is 9.53 Å². The van der Waals surface area contributed by atoms with Gasteiger partial charge in [-0.3, -0.25) is 10.1 Å². The molecule has 0 unspecified atom stereocenters. The summed E-state index contributed by atoms with van der Waals surface area (Å²) in [5.74, 6) is 0.622. The average molecular weight is 324 g/mol. The molecule has 0 spiro atoms. The van der Waals surface area contributed by atoms with Gasteiger partial charge in [-0.25, -0.2) is 4.98 Å². The van der Waals surface area contributed by atoms with Crippen LogP contribution in [0.3, 0.4) is 0 Å². The molecule has 4 nitrogen and oxygen atoms in total. The van der Waals surface area contributed by atoms with Gasteiger partial charge in [0.2, 0.25) is 0 Å². The minimum Gasteiger partial charge on any atom is -0.497 e. The lowest BCUT2D eigenvalue weighted by atomic mass is 10.1. The van der Waals surface area contributed by atoms with Crippen LogP contribution in [0, 0.1) is 6.92 Å². The summed E-state index contributed by atoms with van der Waals surface area (Å²) in [5.41, 5.74) is 3.51. The molecule has 0 saturated heterocycles. The van der Waals surface area contributed by atoms with E-state index >= 15 is 0 Å². The van der Waals surface area contributed by atoms with Crippen molar-refractivity contribution in [3.63, 3.8) is 0 Å². The highest BCUT2D eigenvalue weighted by atomic mass is 32.1. The number of thiazole rings is 1. The molecule has 0 fully saturated rings. The molecule has 0 aliphatic carbocycles. The first-order valence-corrected chi connectivity index (χ1v) is 8.01. The smallest absolute Gasteiger partial charge is 0.257 e. The number of amides is 1. The van der Waals surface area contributed by atoms with Crippen LogP contribution in [-0.2, 0) is 0 Å². The largest absolute Gasteiger partial charge is 0.497 e. The van der Waals surface area contributed by atoms with Crippen LogP contribution in [0.4, 0.5) is 5.13 Å². The Morgan fingerprint density at radius 2 is 1.96 bits per heavy atom. The average Bonchev–Trinajstić information content (AvgIpc) is 3.04. The summed E-state index contributed by atoms with van der Waals surface area (Å²) >= 11 is 1.40. The van der Waals surface area contributed by atoms with Crippen molar-refractivity contribution in [2.45, 2.75) is 6.92 Å². The summed E-state index contributed by atoms with van der Waals surface area (Å²) in [6.45, 7) is 1.99. The third-order valence-corrected chi connectivity index (χ3v) is 4.16. The number of aromatic nitrogens is 1. The second-order valence-electron chi connectivity index (χ2n) is 5.09. The quantitative estimate of drug-likeness (QED) is 0.775. The molecule has 116 valence electrons. The molecule has 0 aliphatic heterocycles. The van der Waals surface area contributed by atoms with Crippen LogP contribution < -0.4 is 10.1 Å². The van der Waals surface area contributed by atoms with E-state index in [9.17, 15) is 4.79 Å². The predicted octanol–water partition coefficient (Wildman–Crippen LogP) is 4.38. The van der Waals surface area contributed by atoms with Crippen LogP contribution in [0.25, 0.3) is 11.3 Å². The highest BCUT2D eigenvalue weighted by molar-refractivity contribution is 7.14. The van der Waals surface area contributed by atoms with Crippen LogP contribution in [0.1, 0.15) is 15.9 Å². The number of nitrogens with one attached hydrogen (secondary N) is 1. The molecule has 3 aromatic rings. The number of nitrogens with zero attached hydrogens (tertiary/aromatic N) is 1. The lowest BCUT2D eigenvalue weighted by Gasteiger charge is -2.03. The molecule has 23 heavy (non-hydrogen) atoms. The SMILES string of the molecule is COc1cccc(-c2csc(NC(=O)c3ccc(C)cc3)n2)c1. The minimum atomic E-state index is -0.156.